The molecule has 0 radical (unpaired) electrons. The summed E-state index contributed by atoms with van der Waals surface area (Å²) in [6, 6.07) is 7.60. The molecule has 0 saturated carbocycles. The third-order valence-corrected chi connectivity index (χ3v) is 5.85. The largest absolute Gasteiger partial charge is 0.340 e. The smallest absolute Gasteiger partial charge is 0.223 e. The van der Waals surface area contributed by atoms with Crippen LogP contribution < -0.4 is 0 Å². The van der Waals surface area contributed by atoms with Crippen LogP contribution in [0.1, 0.15) is 42.6 Å². The van der Waals surface area contributed by atoms with Crippen LogP contribution in [0.25, 0.3) is 0 Å². The molecule has 144 valence electrons. The summed E-state index contributed by atoms with van der Waals surface area (Å²) in [5.41, 5.74) is 1.84. The van der Waals surface area contributed by atoms with Crippen LogP contribution in [-0.4, -0.2) is 61.7 Å². The van der Waals surface area contributed by atoms with E-state index in [1.807, 2.05) is 24.3 Å². The van der Waals surface area contributed by atoms with Gasteiger partial charge in [-0.15, -0.1) is 0 Å². The lowest BCUT2D eigenvalue weighted by atomic mass is 9.99. The van der Waals surface area contributed by atoms with Crippen molar-refractivity contribution in [2.24, 2.45) is 5.92 Å². The molecule has 2 rings (SSSR count). The van der Waals surface area contributed by atoms with E-state index in [-0.39, 0.29) is 24.5 Å². The lowest BCUT2D eigenvalue weighted by Crippen LogP contribution is -2.50. The molecule has 0 aromatic heterocycles. The molecule has 1 aromatic carbocycles. The molecule has 0 bridgehead atoms. The van der Waals surface area contributed by atoms with E-state index < -0.39 is 10.0 Å². The van der Waals surface area contributed by atoms with Crippen LogP contribution in [0, 0.1) is 5.92 Å². The summed E-state index contributed by atoms with van der Waals surface area (Å²) < 4.78 is 24.4. The first kappa shape index (κ1) is 20.6. The van der Waals surface area contributed by atoms with Crippen molar-refractivity contribution in [2.45, 2.75) is 33.1 Å². The maximum atomic E-state index is 12.3. The SMILES string of the molecule is CC(C)Cc1ccc(C(=O)CCC(=O)N2CCN(S(C)(=O)=O)CC2)cc1. The molecule has 1 saturated heterocycles. The van der Waals surface area contributed by atoms with Gasteiger partial charge < -0.3 is 4.90 Å². The Labute approximate surface area is 156 Å². The van der Waals surface area contributed by atoms with Gasteiger partial charge in [0.15, 0.2) is 5.78 Å². The molecule has 7 heteroatoms. The number of sulfonamides is 1. The van der Waals surface area contributed by atoms with Crippen molar-refractivity contribution in [3.05, 3.63) is 35.4 Å². The highest BCUT2D eigenvalue weighted by molar-refractivity contribution is 7.88. The molecule has 1 aliphatic rings. The van der Waals surface area contributed by atoms with Crippen molar-refractivity contribution in [1.29, 1.82) is 0 Å². The number of nitrogens with zero attached hydrogens (tertiary/aromatic N) is 2. The average Bonchev–Trinajstić information content (AvgIpc) is 2.59. The van der Waals surface area contributed by atoms with Gasteiger partial charge in [0, 0.05) is 44.6 Å². The fourth-order valence-corrected chi connectivity index (χ4v) is 3.92. The minimum atomic E-state index is -3.21. The highest BCUT2D eigenvalue weighted by Gasteiger charge is 2.26. The van der Waals surface area contributed by atoms with Gasteiger partial charge in [0.25, 0.3) is 0 Å². The van der Waals surface area contributed by atoms with Gasteiger partial charge in [0.2, 0.25) is 15.9 Å². The fourth-order valence-electron chi connectivity index (χ4n) is 3.09. The van der Waals surface area contributed by atoms with Crippen molar-refractivity contribution in [3.8, 4) is 0 Å². The molecule has 26 heavy (non-hydrogen) atoms. The normalized spacial score (nSPS) is 16.1. The van der Waals surface area contributed by atoms with Crippen LogP contribution >= 0.6 is 0 Å². The molecule has 1 fully saturated rings. The highest BCUT2D eigenvalue weighted by Crippen LogP contribution is 2.13. The predicted octanol–water partition coefficient (Wildman–Crippen LogP) is 1.95. The zero-order valence-corrected chi connectivity index (χ0v) is 16.6. The Morgan fingerprint density at radius 1 is 1.00 bits per heavy atom. The van der Waals surface area contributed by atoms with Gasteiger partial charge in [0.05, 0.1) is 6.26 Å². The third-order valence-electron chi connectivity index (χ3n) is 4.55. The topological polar surface area (TPSA) is 74.8 Å². The van der Waals surface area contributed by atoms with E-state index in [0.29, 0.717) is 37.7 Å². The Morgan fingerprint density at radius 2 is 1.58 bits per heavy atom. The Kier molecular flexibility index (Phi) is 6.94. The zero-order chi connectivity index (χ0) is 19.3. The Bertz CT molecular complexity index is 733. The third kappa shape index (κ3) is 5.92. The van der Waals surface area contributed by atoms with E-state index in [1.165, 1.54) is 16.1 Å². The van der Waals surface area contributed by atoms with E-state index in [9.17, 15) is 18.0 Å². The Hall–Kier alpha value is -1.73. The minimum Gasteiger partial charge on any atom is -0.340 e. The molecule has 1 heterocycles. The number of piperazine rings is 1. The van der Waals surface area contributed by atoms with E-state index in [1.54, 1.807) is 4.90 Å². The first-order valence-electron chi connectivity index (χ1n) is 9.02. The molecular formula is C19H28N2O4S. The van der Waals surface area contributed by atoms with Gasteiger partial charge in [-0.1, -0.05) is 38.1 Å². The maximum Gasteiger partial charge on any atom is 0.223 e. The summed E-state index contributed by atoms with van der Waals surface area (Å²) in [5.74, 6) is 0.435. The summed E-state index contributed by atoms with van der Waals surface area (Å²) in [6.07, 6.45) is 2.49. The van der Waals surface area contributed by atoms with Gasteiger partial charge in [-0.3, -0.25) is 9.59 Å². The summed E-state index contributed by atoms with van der Waals surface area (Å²) in [6.45, 7) is 5.69. The number of ketones is 1. The Morgan fingerprint density at radius 3 is 2.08 bits per heavy atom. The van der Waals surface area contributed by atoms with E-state index >= 15 is 0 Å². The molecule has 0 unspecified atom stereocenters. The highest BCUT2D eigenvalue weighted by atomic mass is 32.2. The van der Waals surface area contributed by atoms with Gasteiger partial charge in [-0.2, -0.15) is 4.31 Å². The minimum absolute atomic E-state index is 0.0378. The predicted molar refractivity (Wildman–Crippen MR) is 102 cm³/mol. The van der Waals surface area contributed by atoms with Crippen molar-refractivity contribution in [3.63, 3.8) is 0 Å². The fraction of sp³-hybridized carbons (Fsp3) is 0.579. The number of hydrogen-bond acceptors (Lipinski definition) is 4. The van der Waals surface area contributed by atoms with Crippen LogP contribution in [-0.2, 0) is 21.2 Å². The lowest BCUT2D eigenvalue weighted by Gasteiger charge is -2.33. The number of Topliss-reactive ketones (excluding diaryl/α,β-unsaturated/α-hetero) is 1. The second-order valence-electron chi connectivity index (χ2n) is 7.26. The molecular weight excluding hydrogens is 352 g/mol. The number of hydrogen-bond donors (Lipinski definition) is 0. The van der Waals surface area contributed by atoms with Crippen LogP contribution in [0.2, 0.25) is 0 Å². The maximum absolute atomic E-state index is 12.3. The van der Waals surface area contributed by atoms with Gasteiger partial charge in [-0.05, 0) is 17.9 Å². The molecule has 1 amide bonds. The van der Waals surface area contributed by atoms with Crippen LogP contribution in [0.15, 0.2) is 24.3 Å². The summed E-state index contributed by atoms with van der Waals surface area (Å²) >= 11 is 0. The van der Waals surface area contributed by atoms with Crippen LogP contribution in [0.4, 0.5) is 0 Å². The number of rotatable bonds is 7. The van der Waals surface area contributed by atoms with Crippen molar-refractivity contribution in [2.75, 3.05) is 32.4 Å². The summed E-state index contributed by atoms with van der Waals surface area (Å²) in [7, 11) is -3.21. The molecule has 1 aromatic rings. The standard InChI is InChI=1S/C19H28N2O4S/c1-15(2)14-16-4-6-17(7-5-16)18(22)8-9-19(23)20-10-12-21(13-11-20)26(3,24)25/h4-7,15H,8-14H2,1-3H3. The Balaban J connectivity index is 1.81. The molecule has 0 N–H and O–H groups in total. The van der Waals surface area contributed by atoms with E-state index in [2.05, 4.69) is 13.8 Å². The zero-order valence-electron chi connectivity index (χ0n) is 15.8. The van der Waals surface area contributed by atoms with Crippen molar-refractivity contribution in [1.82, 2.24) is 9.21 Å². The first-order valence-corrected chi connectivity index (χ1v) is 10.9. The van der Waals surface area contributed by atoms with Crippen LogP contribution in [0.5, 0.6) is 0 Å². The van der Waals surface area contributed by atoms with Gasteiger partial charge >= 0.3 is 0 Å². The van der Waals surface area contributed by atoms with Gasteiger partial charge in [-0.25, -0.2) is 8.42 Å². The molecule has 1 aliphatic heterocycles. The molecule has 0 spiro atoms. The monoisotopic (exact) mass is 380 g/mol. The number of amides is 1. The summed E-state index contributed by atoms with van der Waals surface area (Å²) in [4.78, 5) is 26.2. The lowest BCUT2D eigenvalue weighted by molar-refractivity contribution is -0.132. The quantitative estimate of drug-likeness (QED) is 0.678. The molecule has 6 nitrogen and oxygen atoms in total. The summed E-state index contributed by atoms with van der Waals surface area (Å²) in [5, 5.41) is 0. The second-order valence-corrected chi connectivity index (χ2v) is 9.24. The van der Waals surface area contributed by atoms with E-state index in [4.69, 9.17) is 0 Å². The second kappa shape index (κ2) is 8.77. The molecule has 0 atom stereocenters. The number of carbonyl (C=O) groups excluding carboxylic acids is 2. The molecule has 0 aliphatic carbocycles. The average molecular weight is 381 g/mol. The number of benzene rings is 1. The van der Waals surface area contributed by atoms with Crippen LogP contribution in [0.3, 0.4) is 0 Å². The number of carbonyl (C=O) groups is 2. The van der Waals surface area contributed by atoms with Crippen molar-refractivity contribution < 1.29 is 18.0 Å². The van der Waals surface area contributed by atoms with Gasteiger partial charge in [0.1, 0.15) is 0 Å². The van der Waals surface area contributed by atoms with E-state index in [0.717, 1.165) is 6.42 Å². The first-order chi connectivity index (χ1) is 12.2. The van der Waals surface area contributed by atoms with Crippen molar-refractivity contribution >= 4 is 21.7 Å².